The number of carbonyl (C=O) groups is 1. The third kappa shape index (κ3) is 10.8. The zero-order valence-corrected chi connectivity index (χ0v) is 21.5. The number of amides is 1. The molecule has 0 rings (SSSR count). The number of hydrogen-bond acceptors (Lipinski definition) is 2. The first-order valence-corrected chi connectivity index (χ1v) is 18.3. The Morgan fingerprint density at radius 1 is 0.962 bits per heavy atom. The Balaban J connectivity index is 5.04. The monoisotopic (exact) mass is 475 g/mol. The minimum atomic E-state index is -2.33. The van der Waals surface area contributed by atoms with Gasteiger partial charge in [-0.05, 0) is 0 Å². The third-order valence-electron chi connectivity index (χ3n) is 5.12. The van der Waals surface area contributed by atoms with Gasteiger partial charge in [0.25, 0.3) is 0 Å². The summed E-state index contributed by atoms with van der Waals surface area (Å²) in [6.45, 7) is 15.6. The summed E-state index contributed by atoms with van der Waals surface area (Å²) in [7, 11) is 0. The van der Waals surface area contributed by atoms with E-state index in [1.54, 1.807) is 3.59 Å². The van der Waals surface area contributed by atoms with E-state index in [-0.39, 0.29) is 6.09 Å². The molecule has 0 spiro atoms. The topological polar surface area (TPSA) is 38.3 Å². The molecule has 0 aliphatic rings. The van der Waals surface area contributed by atoms with E-state index < -0.39 is 24.0 Å². The molecule has 0 heterocycles. The Hall–Kier alpha value is -0.191. The van der Waals surface area contributed by atoms with Gasteiger partial charge < -0.3 is 0 Å². The first kappa shape index (κ1) is 25.8. The van der Waals surface area contributed by atoms with Gasteiger partial charge in [0.2, 0.25) is 0 Å². The van der Waals surface area contributed by atoms with E-state index in [1.807, 2.05) is 20.8 Å². The van der Waals surface area contributed by atoms with Crippen LogP contribution in [-0.2, 0) is 4.74 Å². The predicted molar refractivity (Wildman–Crippen MR) is 118 cm³/mol. The first-order valence-electron chi connectivity index (χ1n) is 10.9. The molecule has 0 aromatic rings. The normalized spacial score (nSPS) is 13.0. The molecule has 4 heteroatoms. The summed E-state index contributed by atoms with van der Waals surface area (Å²) >= 11 is -2.33. The van der Waals surface area contributed by atoms with Gasteiger partial charge in [-0.25, -0.2) is 0 Å². The van der Waals surface area contributed by atoms with Crippen molar-refractivity contribution in [2.45, 2.75) is 112 Å². The summed E-state index contributed by atoms with van der Waals surface area (Å²) in [5, 5.41) is 2.98. The van der Waals surface area contributed by atoms with Crippen LogP contribution < -0.4 is 5.32 Å². The van der Waals surface area contributed by atoms with Gasteiger partial charge in [-0.3, -0.25) is 0 Å². The second-order valence-corrected chi connectivity index (χ2v) is 22.0. The van der Waals surface area contributed by atoms with E-state index in [2.05, 4.69) is 39.1 Å². The number of alkyl carbamates (subject to hydrolysis) is 1. The summed E-state index contributed by atoms with van der Waals surface area (Å²) in [6, 6.07) is 0. The summed E-state index contributed by atoms with van der Waals surface area (Å²) < 4.78 is 11.6. The van der Waals surface area contributed by atoms with Crippen molar-refractivity contribution in [1.29, 1.82) is 0 Å². The average Bonchev–Trinajstić information content (AvgIpc) is 2.57. The van der Waals surface area contributed by atoms with Crippen LogP contribution in [0.15, 0.2) is 9.67 Å². The molecule has 3 nitrogen and oxygen atoms in total. The molecule has 0 radical (unpaired) electrons. The fourth-order valence-electron chi connectivity index (χ4n) is 3.73. The third-order valence-corrected chi connectivity index (χ3v) is 21.8. The van der Waals surface area contributed by atoms with Gasteiger partial charge in [-0.2, -0.15) is 0 Å². The molecule has 0 bridgehead atoms. The van der Waals surface area contributed by atoms with Crippen molar-refractivity contribution >= 4 is 24.5 Å². The number of unbranched alkanes of at least 4 members (excludes halogenated alkanes) is 3. The van der Waals surface area contributed by atoms with E-state index >= 15 is 0 Å². The summed E-state index contributed by atoms with van der Waals surface area (Å²) in [6.07, 6.45) is 11.2. The van der Waals surface area contributed by atoms with Crippen molar-refractivity contribution in [2.75, 3.05) is 6.54 Å². The molecule has 0 saturated carbocycles. The van der Waals surface area contributed by atoms with E-state index in [0.29, 0.717) is 6.54 Å². The maximum atomic E-state index is 12.0. The van der Waals surface area contributed by atoms with Crippen molar-refractivity contribution in [3.63, 3.8) is 0 Å². The van der Waals surface area contributed by atoms with Crippen molar-refractivity contribution in [3.8, 4) is 0 Å². The number of carbonyl (C=O) groups excluding carboxylic acids is 1. The van der Waals surface area contributed by atoms with Crippen LogP contribution in [0.5, 0.6) is 0 Å². The van der Waals surface area contributed by atoms with Gasteiger partial charge in [-0.1, -0.05) is 0 Å². The van der Waals surface area contributed by atoms with Crippen molar-refractivity contribution < 1.29 is 9.53 Å². The number of rotatable bonds is 13. The SMILES string of the molecule is C/C=[C](/CCNC(=O)OC(C)(C)C)[Sn]([CH2]CCC)([CH2]CCC)[CH2]CCC. The van der Waals surface area contributed by atoms with Gasteiger partial charge in [0.15, 0.2) is 0 Å². The number of hydrogen-bond donors (Lipinski definition) is 1. The fourth-order valence-corrected chi connectivity index (χ4v) is 21.1. The second kappa shape index (κ2) is 13.9. The Morgan fingerprint density at radius 3 is 1.77 bits per heavy atom. The van der Waals surface area contributed by atoms with Crippen molar-refractivity contribution in [3.05, 3.63) is 9.67 Å². The zero-order valence-electron chi connectivity index (χ0n) is 18.7. The Morgan fingerprint density at radius 2 is 1.42 bits per heavy atom. The van der Waals surface area contributed by atoms with Gasteiger partial charge in [0.1, 0.15) is 0 Å². The van der Waals surface area contributed by atoms with Crippen LogP contribution in [0, 0.1) is 0 Å². The predicted octanol–water partition coefficient (Wildman–Crippen LogP) is 7.24. The Bertz CT molecular complexity index is 391. The number of allylic oxidation sites excluding steroid dienone is 1. The van der Waals surface area contributed by atoms with E-state index in [0.717, 1.165) is 6.42 Å². The molecule has 0 fully saturated rings. The first-order chi connectivity index (χ1) is 12.2. The second-order valence-electron chi connectivity index (χ2n) is 8.58. The molecular formula is C22H45NO2Sn. The average molecular weight is 474 g/mol. The quantitative estimate of drug-likeness (QED) is 0.286. The zero-order chi connectivity index (χ0) is 20.1. The Kier molecular flexibility index (Phi) is 13.8. The van der Waals surface area contributed by atoms with Gasteiger partial charge in [0, 0.05) is 0 Å². The van der Waals surface area contributed by atoms with Crippen LogP contribution in [0.2, 0.25) is 13.3 Å². The molecule has 1 N–H and O–H groups in total. The molecule has 0 unspecified atom stereocenters. The van der Waals surface area contributed by atoms with Gasteiger partial charge in [-0.15, -0.1) is 0 Å². The van der Waals surface area contributed by atoms with E-state index in [1.165, 1.54) is 51.8 Å². The van der Waals surface area contributed by atoms with Crippen LogP contribution in [0.4, 0.5) is 4.79 Å². The summed E-state index contributed by atoms with van der Waals surface area (Å²) in [5.41, 5.74) is -0.431. The fraction of sp³-hybridized carbons (Fsp3) is 0.864. The molecule has 0 saturated heterocycles. The summed E-state index contributed by atoms with van der Waals surface area (Å²) in [5.74, 6) is 0. The molecule has 0 aromatic carbocycles. The maximum absolute atomic E-state index is 12.0. The molecule has 0 aromatic heterocycles. The molecule has 0 atom stereocenters. The van der Waals surface area contributed by atoms with Crippen molar-refractivity contribution in [1.82, 2.24) is 5.32 Å². The van der Waals surface area contributed by atoms with Crippen molar-refractivity contribution in [2.24, 2.45) is 0 Å². The number of ether oxygens (including phenoxy) is 1. The molecule has 1 amide bonds. The molecular weight excluding hydrogens is 429 g/mol. The summed E-state index contributed by atoms with van der Waals surface area (Å²) in [4.78, 5) is 12.0. The van der Waals surface area contributed by atoms with Gasteiger partial charge in [0.05, 0.1) is 0 Å². The van der Waals surface area contributed by atoms with Crippen LogP contribution >= 0.6 is 0 Å². The molecule has 26 heavy (non-hydrogen) atoms. The van der Waals surface area contributed by atoms with E-state index in [9.17, 15) is 4.79 Å². The molecule has 0 aliphatic heterocycles. The van der Waals surface area contributed by atoms with Crippen LogP contribution in [0.3, 0.4) is 0 Å². The van der Waals surface area contributed by atoms with Crippen LogP contribution in [0.25, 0.3) is 0 Å². The molecule has 0 aliphatic carbocycles. The van der Waals surface area contributed by atoms with Crippen LogP contribution in [-0.4, -0.2) is 36.6 Å². The van der Waals surface area contributed by atoms with Gasteiger partial charge >= 0.3 is 168 Å². The standard InChI is InChI=1S/C10H18NO2.3C4H9.Sn/c1-5-6-7-8-11-9(12)13-10(2,3)4;3*1-3-4-2;/h5H,7-8H2,1-4H3,(H,11,12);3*1,3-4H2,2H3;. The van der Waals surface area contributed by atoms with E-state index in [4.69, 9.17) is 4.74 Å². The molecule has 154 valence electrons. The Labute approximate surface area is 167 Å². The minimum absolute atomic E-state index is 0.288. The van der Waals surface area contributed by atoms with Crippen LogP contribution in [0.1, 0.15) is 93.4 Å². The number of nitrogens with one attached hydrogen (secondary N) is 1.